The summed E-state index contributed by atoms with van der Waals surface area (Å²) in [6.07, 6.45) is 0.674. The zero-order valence-electron chi connectivity index (χ0n) is 12.5. The van der Waals surface area contributed by atoms with E-state index in [1.807, 2.05) is 60.7 Å². The quantitative estimate of drug-likeness (QED) is 0.500. The highest BCUT2D eigenvalue weighted by molar-refractivity contribution is 5.78. The molecule has 1 aromatic heterocycles. The van der Waals surface area contributed by atoms with Crippen molar-refractivity contribution in [1.29, 1.82) is 0 Å². The van der Waals surface area contributed by atoms with Crippen LogP contribution in [0.25, 0.3) is 22.5 Å². The van der Waals surface area contributed by atoms with Gasteiger partial charge in [0.25, 0.3) is 0 Å². The summed E-state index contributed by atoms with van der Waals surface area (Å²) in [5.41, 5.74) is 6.37. The van der Waals surface area contributed by atoms with Gasteiger partial charge in [0.1, 0.15) is 0 Å². The maximum absolute atomic E-state index is 11.4. The highest BCUT2D eigenvalue weighted by atomic mass is 16.5. The number of benzene rings is 2. The van der Waals surface area contributed by atoms with E-state index in [-0.39, 0.29) is 6.42 Å². The van der Waals surface area contributed by atoms with Gasteiger partial charge in [0.15, 0.2) is 0 Å². The molecule has 2 aromatic carbocycles. The molecule has 0 aliphatic carbocycles. The van der Waals surface area contributed by atoms with E-state index >= 15 is 0 Å². The van der Waals surface area contributed by atoms with E-state index in [0.29, 0.717) is 6.42 Å². The van der Waals surface area contributed by atoms with Crippen LogP contribution in [0, 0.1) is 0 Å². The van der Waals surface area contributed by atoms with Crippen LogP contribution in [0.15, 0.2) is 60.7 Å². The molecule has 0 aliphatic rings. The SMILES string of the molecule is O=C(CCc1c(-c2ccccc2)n[nH]c1-c1ccccc1)NO. The lowest BCUT2D eigenvalue weighted by atomic mass is 9.98. The van der Waals surface area contributed by atoms with Crippen LogP contribution in [0.3, 0.4) is 0 Å². The van der Waals surface area contributed by atoms with Crippen LogP contribution >= 0.6 is 0 Å². The molecule has 0 saturated carbocycles. The number of nitrogens with zero attached hydrogens (tertiary/aromatic N) is 1. The molecular formula is C18H17N3O2. The second-order valence-electron chi connectivity index (χ2n) is 5.19. The lowest BCUT2D eigenvalue weighted by Crippen LogP contribution is -2.18. The van der Waals surface area contributed by atoms with E-state index in [1.165, 1.54) is 0 Å². The number of H-pyrrole nitrogens is 1. The van der Waals surface area contributed by atoms with Crippen LogP contribution < -0.4 is 5.48 Å². The Morgan fingerprint density at radius 1 is 1.00 bits per heavy atom. The number of amides is 1. The number of aromatic amines is 1. The third-order valence-corrected chi connectivity index (χ3v) is 3.70. The van der Waals surface area contributed by atoms with E-state index in [9.17, 15) is 4.79 Å². The highest BCUT2D eigenvalue weighted by Gasteiger charge is 2.17. The Bertz CT molecular complexity index is 726. The lowest BCUT2D eigenvalue weighted by Gasteiger charge is -2.06. The third-order valence-electron chi connectivity index (χ3n) is 3.70. The Kier molecular flexibility index (Phi) is 4.49. The molecule has 116 valence electrons. The zero-order chi connectivity index (χ0) is 16.1. The second-order valence-corrected chi connectivity index (χ2v) is 5.19. The molecule has 0 spiro atoms. The summed E-state index contributed by atoms with van der Waals surface area (Å²) in [7, 11) is 0. The van der Waals surface area contributed by atoms with Crippen LogP contribution in [0.5, 0.6) is 0 Å². The van der Waals surface area contributed by atoms with Crippen molar-refractivity contribution < 1.29 is 10.0 Å². The molecule has 0 saturated heterocycles. The van der Waals surface area contributed by atoms with Gasteiger partial charge in [-0.15, -0.1) is 0 Å². The maximum atomic E-state index is 11.4. The molecule has 5 heteroatoms. The number of hydrogen-bond donors (Lipinski definition) is 3. The van der Waals surface area contributed by atoms with E-state index in [1.54, 1.807) is 5.48 Å². The molecule has 0 atom stereocenters. The molecular weight excluding hydrogens is 290 g/mol. The molecule has 0 unspecified atom stereocenters. The van der Waals surface area contributed by atoms with Crippen molar-refractivity contribution in [3.8, 4) is 22.5 Å². The fourth-order valence-corrected chi connectivity index (χ4v) is 2.58. The monoisotopic (exact) mass is 307 g/mol. The van der Waals surface area contributed by atoms with Gasteiger partial charge in [0, 0.05) is 17.5 Å². The predicted octanol–water partition coefficient (Wildman–Crippen LogP) is 3.18. The third kappa shape index (κ3) is 3.30. The van der Waals surface area contributed by atoms with Gasteiger partial charge in [0.05, 0.1) is 11.4 Å². The first-order valence-corrected chi connectivity index (χ1v) is 7.40. The highest BCUT2D eigenvalue weighted by Crippen LogP contribution is 2.31. The summed E-state index contributed by atoms with van der Waals surface area (Å²) in [4.78, 5) is 11.4. The van der Waals surface area contributed by atoms with Crippen LogP contribution in [-0.2, 0) is 11.2 Å². The first kappa shape index (κ1) is 15.0. The second kappa shape index (κ2) is 6.89. The number of hydroxylamine groups is 1. The maximum Gasteiger partial charge on any atom is 0.243 e. The molecule has 3 aromatic rings. The van der Waals surface area contributed by atoms with Gasteiger partial charge in [-0.2, -0.15) is 5.10 Å². The van der Waals surface area contributed by atoms with Gasteiger partial charge in [-0.3, -0.25) is 15.1 Å². The minimum Gasteiger partial charge on any atom is -0.289 e. The molecule has 23 heavy (non-hydrogen) atoms. The first-order valence-electron chi connectivity index (χ1n) is 7.40. The average molecular weight is 307 g/mol. The van der Waals surface area contributed by atoms with Gasteiger partial charge in [-0.05, 0) is 12.0 Å². The van der Waals surface area contributed by atoms with Crippen LogP contribution in [0.4, 0.5) is 0 Å². The summed E-state index contributed by atoms with van der Waals surface area (Å²) >= 11 is 0. The summed E-state index contributed by atoms with van der Waals surface area (Å²) in [5.74, 6) is -0.413. The van der Waals surface area contributed by atoms with Crippen molar-refractivity contribution >= 4 is 5.91 Å². The minimum absolute atomic E-state index is 0.190. The molecule has 3 rings (SSSR count). The number of aromatic nitrogens is 2. The topological polar surface area (TPSA) is 78.0 Å². The van der Waals surface area contributed by atoms with E-state index < -0.39 is 5.91 Å². The van der Waals surface area contributed by atoms with Gasteiger partial charge >= 0.3 is 0 Å². The normalized spacial score (nSPS) is 10.5. The Hall–Kier alpha value is -2.92. The first-order chi connectivity index (χ1) is 11.3. The molecule has 0 fully saturated rings. The largest absolute Gasteiger partial charge is 0.289 e. The van der Waals surface area contributed by atoms with Crippen molar-refractivity contribution in [3.05, 3.63) is 66.2 Å². The molecule has 3 N–H and O–H groups in total. The minimum atomic E-state index is -0.413. The van der Waals surface area contributed by atoms with E-state index in [2.05, 4.69) is 10.2 Å². The molecule has 0 aliphatic heterocycles. The van der Waals surface area contributed by atoms with Crippen molar-refractivity contribution in [3.63, 3.8) is 0 Å². The Balaban J connectivity index is 2.03. The molecule has 0 radical (unpaired) electrons. The van der Waals surface area contributed by atoms with E-state index in [0.717, 1.165) is 28.1 Å². The van der Waals surface area contributed by atoms with Gasteiger partial charge < -0.3 is 0 Å². The Morgan fingerprint density at radius 3 is 2.22 bits per heavy atom. The summed E-state index contributed by atoms with van der Waals surface area (Å²) in [6.45, 7) is 0. The number of carbonyl (C=O) groups is 1. The zero-order valence-corrected chi connectivity index (χ0v) is 12.5. The van der Waals surface area contributed by atoms with Crippen LogP contribution in [-0.4, -0.2) is 21.3 Å². The number of hydrogen-bond acceptors (Lipinski definition) is 3. The van der Waals surface area contributed by atoms with Crippen molar-refractivity contribution in [1.82, 2.24) is 15.7 Å². The summed E-state index contributed by atoms with van der Waals surface area (Å²) in [5, 5.41) is 16.2. The smallest absolute Gasteiger partial charge is 0.243 e. The fraction of sp³-hybridized carbons (Fsp3) is 0.111. The van der Waals surface area contributed by atoms with Crippen LogP contribution in [0.2, 0.25) is 0 Å². The summed E-state index contributed by atoms with van der Waals surface area (Å²) < 4.78 is 0. The molecule has 5 nitrogen and oxygen atoms in total. The Labute approximate surface area is 133 Å². The lowest BCUT2D eigenvalue weighted by molar-refractivity contribution is -0.129. The van der Waals surface area contributed by atoms with Gasteiger partial charge in [-0.1, -0.05) is 60.7 Å². The van der Waals surface area contributed by atoms with E-state index in [4.69, 9.17) is 5.21 Å². The number of rotatable bonds is 5. The molecule has 0 bridgehead atoms. The van der Waals surface area contributed by atoms with Crippen LogP contribution in [0.1, 0.15) is 12.0 Å². The number of nitrogens with one attached hydrogen (secondary N) is 2. The van der Waals surface area contributed by atoms with Gasteiger partial charge in [-0.25, -0.2) is 5.48 Å². The summed E-state index contributed by atoms with van der Waals surface area (Å²) in [6, 6.07) is 19.7. The fourth-order valence-electron chi connectivity index (χ4n) is 2.58. The van der Waals surface area contributed by atoms with Crippen molar-refractivity contribution in [2.24, 2.45) is 0 Å². The molecule has 1 amide bonds. The predicted molar refractivity (Wildman–Crippen MR) is 87.7 cm³/mol. The van der Waals surface area contributed by atoms with Gasteiger partial charge in [0.2, 0.25) is 5.91 Å². The van der Waals surface area contributed by atoms with Crippen molar-refractivity contribution in [2.45, 2.75) is 12.8 Å². The Morgan fingerprint density at radius 2 is 1.61 bits per heavy atom. The molecule has 1 heterocycles. The average Bonchev–Trinajstić information content (AvgIpc) is 3.05. The van der Waals surface area contributed by atoms with Crippen molar-refractivity contribution in [2.75, 3.05) is 0 Å². The standard InChI is InChI=1S/C18H17N3O2/c22-16(21-23)12-11-15-17(13-7-3-1-4-8-13)19-20-18(15)14-9-5-2-6-10-14/h1-10,23H,11-12H2,(H,19,20)(H,21,22). The number of carbonyl (C=O) groups excluding carboxylic acids is 1.